The highest BCUT2D eigenvalue weighted by Crippen LogP contribution is 2.40. The topological polar surface area (TPSA) is 95.5 Å². The minimum Gasteiger partial charge on any atom is -0.457 e. The molecule has 0 unspecified atom stereocenters. The molecule has 0 bridgehead atoms. The van der Waals surface area contributed by atoms with Gasteiger partial charge in [-0.2, -0.15) is 0 Å². The van der Waals surface area contributed by atoms with Crippen LogP contribution >= 0.6 is 0 Å². The van der Waals surface area contributed by atoms with Gasteiger partial charge in [-0.1, -0.05) is 78.9 Å². The molecule has 0 radical (unpaired) electrons. The van der Waals surface area contributed by atoms with Crippen LogP contribution < -0.4 is 15.4 Å². The van der Waals surface area contributed by atoms with Gasteiger partial charge in [0.15, 0.2) is 6.29 Å². The molecule has 3 fully saturated rings. The van der Waals surface area contributed by atoms with Gasteiger partial charge in [-0.15, -0.1) is 0 Å². The summed E-state index contributed by atoms with van der Waals surface area (Å²) in [6, 6.07) is 42.0. The number of rotatable bonds is 13. The van der Waals surface area contributed by atoms with E-state index in [1.165, 1.54) is 38.8 Å². The molecule has 3 heterocycles. The van der Waals surface area contributed by atoms with Crippen molar-refractivity contribution in [2.45, 2.75) is 69.8 Å². The largest absolute Gasteiger partial charge is 0.457 e. The quantitative estimate of drug-likeness (QED) is 0.111. The van der Waals surface area contributed by atoms with E-state index in [4.69, 9.17) is 14.2 Å². The monoisotopic (exact) mass is 752 g/mol. The first-order valence-corrected chi connectivity index (χ1v) is 20.1. The van der Waals surface area contributed by atoms with E-state index >= 15 is 0 Å². The Morgan fingerprint density at radius 1 is 0.714 bits per heavy atom. The zero-order valence-electron chi connectivity index (χ0n) is 31.9. The molecule has 9 nitrogen and oxygen atoms in total. The van der Waals surface area contributed by atoms with Crippen LogP contribution in [-0.2, 0) is 22.6 Å². The average Bonchev–Trinajstić information content (AvgIpc) is 3.93. The molecule has 3 N–H and O–H groups in total. The summed E-state index contributed by atoms with van der Waals surface area (Å²) < 4.78 is 19.4. The third-order valence-electron chi connectivity index (χ3n) is 11.2. The molecule has 0 aromatic heterocycles. The van der Waals surface area contributed by atoms with Crippen molar-refractivity contribution in [1.82, 2.24) is 15.1 Å². The summed E-state index contributed by atoms with van der Waals surface area (Å²) in [5.41, 5.74) is 6.73. The second kappa shape index (κ2) is 18.3. The van der Waals surface area contributed by atoms with Crippen LogP contribution in [0.4, 0.5) is 10.5 Å². The lowest BCUT2D eigenvalue weighted by atomic mass is 9.98. The van der Waals surface area contributed by atoms with Gasteiger partial charge in [0.05, 0.1) is 18.8 Å². The normalized spacial score (nSPS) is 21.5. The fourth-order valence-electron chi connectivity index (χ4n) is 8.21. The molecule has 9 heteroatoms. The number of anilines is 1. The SMILES string of the molecule is O=C(NCc1cccc(-c2cccc([C@H]3O[C@@H](CN4CCC[C@H]4CN4CCCC4)C[C@@H](c4ccc(CO)cc4)O3)c2)c1)Nc1ccc(Oc2ccccc2)cc1. The number of likely N-dealkylation sites (tertiary alicyclic amines) is 2. The van der Waals surface area contributed by atoms with Gasteiger partial charge in [-0.05, 0) is 122 Å². The van der Waals surface area contributed by atoms with Crippen molar-refractivity contribution in [3.8, 4) is 22.6 Å². The Balaban J connectivity index is 0.922. The summed E-state index contributed by atoms with van der Waals surface area (Å²) in [4.78, 5) is 18.1. The van der Waals surface area contributed by atoms with Crippen LogP contribution in [0.5, 0.6) is 11.5 Å². The van der Waals surface area contributed by atoms with Crippen molar-refractivity contribution in [2.75, 3.05) is 38.0 Å². The van der Waals surface area contributed by atoms with Crippen LogP contribution in [0.3, 0.4) is 0 Å². The predicted octanol–water partition coefficient (Wildman–Crippen LogP) is 9.07. The molecule has 0 aliphatic carbocycles. The van der Waals surface area contributed by atoms with Gasteiger partial charge in [0.25, 0.3) is 0 Å². The summed E-state index contributed by atoms with van der Waals surface area (Å²) >= 11 is 0. The lowest BCUT2D eigenvalue weighted by molar-refractivity contribution is -0.253. The van der Waals surface area contributed by atoms with Gasteiger partial charge in [0.2, 0.25) is 0 Å². The first kappa shape index (κ1) is 37.9. The number of benzene rings is 5. The van der Waals surface area contributed by atoms with Crippen molar-refractivity contribution in [3.63, 3.8) is 0 Å². The Kier molecular flexibility index (Phi) is 12.4. The molecule has 0 saturated carbocycles. The van der Waals surface area contributed by atoms with E-state index in [-0.39, 0.29) is 24.8 Å². The second-order valence-electron chi connectivity index (χ2n) is 15.2. The zero-order chi connectivity index (χ0) is 38.1. The Labute approximate surface area is 330 Å². The van der Waals surface area contributed by atoms with Crippen molar-refractivity contribution >= 4 is 11.7 Å². The summed E-state index contributed by atoms with van der Waals surface area (Å²) in [6.45, 7) is 5.98. The molecule has 0 spiro atoms. The lowest BCUT2D eigenvalue weighted by Gasteiger charge is -2.39. The predicted molar refractivity (Wildman–Crippen MR) is 219 cm³/mol. The number of aliphatic hydroxyl groups excluding tert-OH is 1. The van der Waals surface area contributed by atoms with Crippen molar-refractivity contribution in [3.05, 3.63) is 150 Å². The van der Waals surface area contributed by atoms with E-state index in [2.05, 4.69) is 69.0 Å². The number of nitrogens with zero attached hydrogens (tertiary/aromatic N) is 2. The van der Waals surface area contributed by atoms with Gasteiger partial charge in [-0.25, -0.2) is 4.79 Å². The molecular formula is C47H52N4O5. The molecule has 8 rings (SSSR count). The van der Waals surface area contributed by atoms with E-state index in [1.807, 2.05) is 78.9 Å². The number of nitrogens with one attached hydrogen (secondary N) is 2. The third-order valence-corrected chi connectivity index (χ3v) is 11.2. The molecule has 56 heavy (non-hydrogen) atoms. The molecule has 4 atom stereocenters. The minimum atomic E-state index is -0.525. The van der Waals surface area contributed by atoms with Crippen LogP contribution in [0.2, 0.25) is 0 Å². The van der Waals surface area contributed by atoms with E-state index < -0.39 is 6.29 Å². The van der Waals surface area contributed by atoms with Gasteiger partial charge in [0, 0.05) is 43.3 Å². The minimum absolute atomic E-state index is 0.0141. The number of urea groups is 1. The maximum absolute atomic E-state index is 12.8. The standard InChI is InChI=1S/C47H52N4O5/c52-33-34-16-18-36(19-17-34)45-29-44(32-51-26-8-13-41(51)31-50-24-4-5-25-50)55-46(56-45)39-12-7-11-38(28-39)37-10-6-9-35(27-37)30-48-47(53)49-40-20-22-43(23-21-40)54-42-14-2-1-3-15-42/h1-3,6-7,9-12,14-23,27-28,41,44-46,52H,4-5,8,13,24-26,29-33H2,(H2,48,49,53)/t41-,44+,45-,46-/m0/s1. The Hall–Kier alpha value is -5.03. The highest BCUT2D eigenvalue weighted by Gasteiger charge is 2.36. The van der Waals surface area contributed by atoms with Gasteiger partial charge in [-0.3, -0.25) is 4.90 Å². The second-order valence-corrected chi connectivity index (χ2v) is 15.2. The first-order valence-electron chi connectivity index (χ1n) is 20.1. The summed E-state index contributed by atoms with van der Waals surface area (Å²) in [7, 11) is 0. The van der Waals surface area contributed by atoms with E-state index in [9.17, 15) is 9.90 Å². The molecular weight excluding hydrogens is 701 g/mol. The number of carbonyl (C=O) groups is 1. The van der Waals surface area contributed by atoms with Crippen molar-refractivity contribution < 1.29 is 24.1 Å². The maximum atomic E-state index is 12.8. The van der Waals surface area contributed by atoms with Gasteiger partial charge < -0.3 is 34.9 Å². The maximum Gasteiger partial charge on any atom is 0.319 e. The summed E-state index contributed by atoms with van der Waals surface area (Å²) in [5.74, 6) is 1.45. The highest BCUT2D eigenvalue weighted by atomic mass is 16.7. The molecule has 2 amide bonds. The van der Waals surface area contributed by atoms with Crippen molar-refractivity contribution in [2.24, 2.45) is 0 Å². The number of carbonyl (C=O) groups excluding carboxylic acids is 1. The Morgan fingerprint density at radius 2 is 1.46 bits per heavy atom. The fourth-order valence-corrected chi connectivity index (χ4v) is 8.21. The van der Waals surface area contributed by atoms with Crippen LogP contribution in [0.15, 0.2) is 127 Å². The number of para-hydroxylation sites is 1. The fraction of sp³-hybridized carbons (Fsp3) is 0.340. The van der Waals surface area contributed by atoms with Crippen LogP contribution in [0.25, 0.3) is 11.1 Å². The van der Waals surface area contributed by atoms with Crippen LogP contribution in [0, 0.1) is 0 Å². The number of hydrogen-bond acceptors (Lipinski definition) is 7. The molecule has 3 aliphatic rings. The van der Waals surface area contributed by atoms with Crippen LogP contribution in [-0.4, -0.2) is 65.8 Å². The first-order chi connectivity index (χ1) is 27.5. The zero-order valence-corrected chi connectivity index (χ0v) is 31.9. The lowest BCUT2D eigenvalue weighted by Crippen LogP contribution is -2.45. The number of amides is 2. The van der Waals surface area contributed by atoms with Gasteiger partial charge >= 0.3 is 6.03 Å². The van der Waals surface area contributed by atoms with E-state index in [1.54, 1.807) is 0 Å². The molecule has 290 valence electrons. The molecule has 3 saturated heterocycles. The number of ether oxygens (including phenoxy) is 3. The number of aliphatic hydroxyl groups is 1. The Morgan fingerprint density at radius 3 is 2.25 bits per heavy atom. The summed E-state index contributed by atoms with van der Waals surface area (Å²) in [5, 5.41) is 15.6. The molecule has 5 aromatic rings. The average molecular weight is 753 g/mol. The van der Waals surface area contributed by atoms with Gasteiger partial charge in [0.1, 0.15) is 11.5 Å². The number of hydrogen-bond donors (Lipinski definition) is 3. The highest BCUT2D eigenvalue weighted by molar-refractivity contribution is 5.89. The molecule has 5 aromatic carbocycles. The summed E-state index contributed by atoms with van der Waals surface area (Å²) in [6.07, 6.45) is 5.24. The van der Waals surface area contributed by atoms with Crippen molar-refractivity contribution in [1.29, 1.82) is 0 Å². The smallest absolute Gasteiger partial charge is 0.319 e. The van der Waals surface area contributed by atoms with Crippen LogP contribution in [0.1, 0.15) is 66.8 Å². The molecule has 3 aliphatic heterocycles. The van der Waals surface area contributed by atoms with E-state index in [0.717, 1.165) is 65.2 Å². The third kappa shape index (κ3) is 9.85. The Bertz CT molecular complexity index is 2020. The van der Waals surface area contributed by atoms with E-state index in [0.29, 0.717) is 24.0 Å².